The number of ether oxygens (including phenoxy) is 1. The molecular formula is C13H11BrFNO. The SMILES string of the molecule is NCc1ccccc1Oc1ccc(Br)cc1F. The van der Waals surface area contributed by atoms with Crippen molar-refractivity contribution in [2.45, 2.75) is 6.54 Å². The first kappa shape index (κ1) is 12.1. The van der Waals surface area contributed by atoms with Crippen LogP contribution in [0.4, 0.5) is 4.39 Å². The van der Waals surface area contributed by atoms with E-state index >= 15 is 0 Å². The van der Waals surface area contributed by atoms with E-state index in [4.69, 9.17) is 10.5 Å². The molecule has 0 bridgehead atoms. The minimum absolute atomic E-state index is 0.189. The summed E-state index contributed by atoms with van der Waals surface area (Å²) in [5.74, 6) is 0.358. The molecule has 0 radical (unpaired) electrons. The molecule has 0 aliphatic carbocycles. The topological polar surface area (TPSA) is 35.2 Å². The lowest BCUT2D eigenvalue weighted by atomic mass is 10.2. The second kappa shape index (κ2) is 5.29. The van der Waals surface area contributed by atoms with Crippen molar-refractivity contribution in [1.82, 2.24) is 0 Å². The molecule has 0 saturated heterocycles. The van der Waals surface area contributed by atoms with Gasteiger partial charge in [-0.2, -0.15) is 0 Å². The fraction of sp³-hybridized carbons (Fsp3) is 0.0769. The van der Waals surface area contributed by atoms with Gasteiger partial charge in [-0.25, -0.2) is 4.39 Å². The molecule has 0 heterocycles. The standard InChI is InChI=1S/C13H11BrFNO/c14-10-5-6-13(11(15)7-10)17-12-4-2-1-3-9(12)8-16/h1-7H,8,16H2. The Morgan fingerprint density at radius 1 is 1.12 bits per heavy atom. The van der Waals surface area contributed by atoms with E-state index in [-0.39, 0.29) is 5.75 Å². The third-order valence-electron chi connectivity index (χ3n) is 2.31. The van der Waals surface area contributed by atoms with Crippen LogP contribution in [0.15, 0.2) is 46.9 Å². The Morgan fingerprint density at radius 2 is 1.88 bits per heavy atom. The number of hydrogen-bond donors (Lipinski definition) is 1. The minimum atomic E-state index is -0.411. The van der Waals surface area contributed by atoms with E-state index < -0.39 is 5.82 Å². The molecule has 2 nitrogen and oxygen atoms in total. The number of rotatable bonds is 3. The Bertz CT molecular complexity index is 531. The van der Waals surface area contributed by atoms with Gasteiger partial charge in [0.2, 0.25) is 0 Å². The lowest BCUT2D eigenvalue weighted by Crippen LogP contribution is -1.99. The maximum atomic E-state index is 13.6. The third-order valence-corrected chi connectivity index (χ3v) is 2.80. The van der Waals surface area contributed by atoms with Gasteiger partial charge in [0.05, 0.1) is 0 Å². The van der Waals surface area contributed by atoms with Crippen LogP contribution in [-0.4, -0.2) is 0 Å². The molecule has 88 valence electrons. The monoisotopic (exact) mass is 295 g/mol. The Morgan fingerprint density at radius 3 is 2.59 bits per heavy atom. The van der Waals surface area contributed by atoms with Gasteiger partial charge in [0, 0.05) is 16.6 Å². The zero-order valence-corrected chi connectivity index (χ0v) is 10.6. The molecule has 0 unspecified atom stereocenters. The van der Waals surface area contributed by atoms with E-state index in [2.05, 4.69) is 15.9 Å². The van der Waals surface area contributed by atoms with E-state index in [1.807, 2.05) is 18.2 Å². The number of nitrogens with two attached hydrogens (primary N) is 1. The molecule has 0 atom stereocenters. The number of para-hydroxylation sites is 1. The van der Waals surface area contributed by atoms with Crippen molar-refractivity contribution in [1.29, 1.82) is 0 Å². The van der Waals surface area contributed by atoms with E-state index in [0.29, 0.717) is 16.8 Å². The molecule has 2 rings (SSSR count). The smallest absolute Gasteiger partial charge is 0.166 e. The highest BCUT2D eigenvalue weighted by molar-refractivity contribution is 9.10. The normalized spacial score (nSPS) is 10.3. The molecule has 0 spiro atoms. The number of hydrogen-bond acceptors (Lipinski definition) is 2. The maximum absolute atomic E-state index is 13.6. The fourth-order valence-electron chi connectivity index (χ4n) is 1.45. The van der Waals surface area contributed by atoms with Gasteiger partial charge in [0.15, 0.2) is 11.6 Å². The number of halogens is 2. The summed E-state index contributed by atoms with van der Waals surface area (Å²) in [6, 6.07) is 12.0. The molecular weight excluding hydrogens is 285 g/mol. The Kier molecular flexibility index (Phi) is 3.76. The van der Waals surface area contributed by atoms with Gasteiger partial charge in [0.1, 0.15) is 5.75 Å². The van der Waals surface area contributed by atoms with Crippen LogP contribution in [0.3, 0.4) is 0 Å². The van der Waals surface area contributed by atoms with Gasteiger partial charge in [-0.3, -0.25) is 0 Å². The van der Waals surface area contributed by atoms with E-state index in [1.54, 1.807) is 18.2 Å². The minimum Gasteiger partial charge on any atom is -0.454 e. The summed E-state index contributed by atoms with van der Waals surface area (Å²) in [4.78, 5) is 0. The zero-order valence-electron chi connectivity index (χ0n) is 8.99. The molecule has 0 aliphatic heterocycles. The molecule has 4 heteroatoms. The van der Waals surface area contributed by atoms with Crippen LogP contribution in [0, 0.1) is 5.82 Å². The van der Waals surface area contributed by atoms with Crippen LogP contribution in [-0.2, 0) is 6.54 Å². The Labute approximate surface area is 107 Å². The van der Waals surface area contributed by atoms with Gasteiger partial charge in [-0.05, 0) is 24.3 Å². The summed E-state index contributed by atoms with van der Waals surface area (Å²) in [5, 5.41) is 0. The largest absolute Gasteiger partial charge is 0.454 e. The molecule has 0 saturated carbocycles. The summed E-state index contributed by atoms with van der Waals surface area (Å²) in [6.07, 6.45) is 0. The summed E-state index contributed by atoms with van der Waals surface area (Å²) in [6.45, 7) is 0.355. The highest BCUT2D eigenvalue weighted by Crippen LogP contribution is 2.28. The summed E-state index contributed by atoms with van der Waals surface area (Å²) >= 11 is 3.19. The molecule has 0 amide bonds. The van der Waals surface area contributed by atoms with Crippen LogP contribution in [0.1, 0.15) is 5.56 Å². The van der Waals surface area contributed by atoms with Crippen LogP contribution in [0.5, 0.6) is 11.5 Å². The molecule has 17 heavy (non-hydrogen) atoms. The average molecular weight is 296 g/mol. The average Bonchev–Trinajstić information content (AvgIpc) is 2.33. The fourth-order valence-corrected chi connectivity index (χ4v) is 1.78. The Balaban J connectivity index is 2.31. The maximum Gasteiger partial charge on any atom is 0.166 e. The predicted octanol–water partition coefficient (Wildman–Crippen LogP) is 3.84. The number of benzene rings is 2. The second-order valence-electron chi connectivity index (χ2n) is 3.49. The van der Waals surface area contributed by atoms with Gasteiger partial charge >= 0.3 is 0 Å². The van der Waals surface area contributed by atoms with Crippen LogP contribution in [0.25, 0.3) is 0 Å². The van der Waals surface area contributed by atoms with Crippen molar-refractivity contribution in [3.63, 3.8) is 0 Å². The summed E-state index contributed by atoms with van der Waals surface area (Å²) in [5.41, 5.74) is 6.43. The van der Waals surface area contributed by atoms with Crippen molar-refractivity contribution >= 4 is 15.9 Å². The first-order valence-corrected chi connectivity index (χ1v) is 5.91. The van der Waals surface area contributed by atoms with Crippen LogP contribution in [0.2, 0.25) is 0 Å². The first-order valence-electron chi connectivity index (χ1n) is 5.11. The summed E-state index contributed by atoms with van der Waals surface area (Å²) < 4.78 is 19.8. The molecule has 2 N–H and O–H groups in total. The molecule has 2 aromatic carbocycles. The lowest BCUT2D eigenvalue weighted by Gasteiger charge is -2.10. The van der Waals surface area contributed by atoms with Crippen molar-refractivity contribution in [2.75, 3.05) is 0 Å². The molecule has 0 aliphatic rings. The lowest BCUT2D eigenvalue weighted by molar-refractivity contribution is 0.437. The second-order valence-corrected chi connectivity index (χ2v) is 4.40. The van der Waals surface area contributed by atoms with Crippen molar-refractivity contribution in [2.24, 2.45) is 5.73 Å². The highest BCUT2D eigenvalue weighted by atomic mass is 79.9. The van der Waals surface area contributed by atoms with Gasteiger partial charge < -0.3 is 10.5 Å². The predicted molar refractivity (Wildman–Crippen MR) is 68.5 cm³/mol. The van der Waals surface area contributed by atoms with Crippen LogP contribution < -0.4 is 10.5 Å². The Hall–Kier alpha value is -1.39. The zero-order chi connectivity index (χ0) is 12.3. The van der Waals surface area contributed by atoms with Gasteiger partial charge in [0.25, 0.3) is 0 Å². The molecule has 0 aromatic heterocycles. The van der Waals surface area contributed by atoms with E-state index in [1.165, 1.54) is 6.07 Å². The highest BCUT2D eigenvalue weighted by Gasteiger charge is 2.07. The van der Waals surface area contributed by atoms with Crippen molar-refractivity contribution in [3.05, 3.63) is 58.3 Å². The molecule has 2 aromatic rings. The quantitative estimate of drug-likeness (QED) is 0.934. The van der Waals surface area contributed by atoms with Crippen LogP contribution >= 0.6 is 15.9 Å². The summed E-state index contributed by atoms with van der Waals surface area (Å²) in [7, 11) is 0. The first-order chi connectivity index (χ1) is 8.20. The van der Waals surface area contributed by atoms with Crippen molar-refractivity contribution in [3.8, 4) is 11.5 Å². The van der Waals surface area contributed by atoms with E-state index in [0.717, 1.165) is 5.56 Å². The van der Waals surface area contributed by atoms with Gasteiger partial charge in [-0.15, -0.1) is 0 Å². The van der Waals surface area contributed by atoms with E-state index in [9.17, 15) is 4.39 Å². The molecule has 0 fully saturated rings. The van der Waals surface area contributed by atoms with Crippen molar-refractivity contribution < 1.29 is 9.13 Å². The van der Waals surface area contributed by atoms with Gasteiger partial charge in [-0.1, -0.05) is 34.1 Å². The third kappa shape index (κ3) is 2.84.